The molecule has 0 fully saturated rings. The lowest BCUT2D eigenvalue weighted by Crippen LogP contribution is -2.22. The molecule has 3 rings (SSSR count). The molecule has 1 aromatic heterocycles. The zero-order chi connectivity index (χ0) is 19.9. The van der Waals surface area contributed by atoms with Crippen LogP contribution in [0.4, 0.5) is 5.69 Å². The third-order valence-electron chi connectivity index (χ3n) is 4.71. The Hall–Kier alpha value is -2.95. The van der Waals surface area contributed by atoms with Gasteiger partial charge >= 0.3 is 0 Å². The summed E-state index contributed by atoms with van der Waals surface area (Å²) < 4.78 is 5.86. The van der Waals surface area contributed by atoms with Crippen molar-refractivity contribution in [3.8, 4) is 22.9 Å². The van der Waals surface area contributed by atoms with Crippen LogP contribution in [0.2, 0.25) is 0 Å². The molecule has 0 radical (unpaired) electrons. The first-order valence-electron chi connectivity index (χ1n) is 9.92. The highest BCUT2D eigenvalue weighted by Crippen LogP contribution is 2.26. The van der Waals surface area contributed by atoms with Gasteiger partial charge in [-0.25, -0.2) is 0 Å². The van der Waals surface area contributed by atoms with E-state index in [1.807, 2.05) is 55.5 Å². The number of carbonyl (C=O) groups excluding carboxylic acids is 1. The van der Waals surface area contributed by atoms with Gasteiger partial charge in [-0.3, -0.25) is 4.79 Å². The molecule has 0 aliphatic heterocycles. The summed E-state index contributed by atoms with van der Waals surface area (Å²) in [4.78, 5) is 12.6. The van der Waals surface area contributed by atoms with Crippen molar-refractivity contribution in [2.75, 3.05) is 5.32 Å². The molecular weight excluding hydrogens is 350 g/mol. The quantitative estimate of drug-likeness (QED) is 0.533. The summed E-state index contributed by atoms with van der Waals surface area (Å²) in [5.41, 5.74) is 3.56. The van der Waals surface area contributed by atoms with Gasteiger partial charge in [-0.2, -0.15) is 0 Å². The van der Waals surface area contributed by atoms with Crippen molar-refractivity contribution in [1.29, 1.82) is 0 Å². The fourth-order valence-electron chi connectivity index (χ4n) is 3.31. The minimum absolute atomic E-state index is 0.0509. The fraction of sp³-hybridized carbons (Fsp3) is 0.348. The van der Waals surface area contributed by atoms with E-state index in [-0.39, 0.29) is 11.8 Å². The van der Waals surface area contributed by atoms with Gasteiger partial charge < -0.3 is 9.73 Å². The zero-order valence-corrected chi connectivity index (χ0v) is 16.7. The van der Waals surface area contributed by atoms with Crippen molar-refractivity contribution in [3.63, 3.8) is 0 Å². The predicted octanol–water partition coefficient (Wildman–Crippen LogP) is 5.87. The summed E-state index contributed by atoms with van der Waals surface area (Å²) in [5.74, 6) is 1.05. The largest absolute Gasteiger partial charge is 0.416 e. The van der Waals surface area contributed by atoms with Crippen LogP contribution in [0.3, 0.4) is 0 Å². The van der Waals surface area contributed by atoms with Gasteiger partial charge in [0.25, 0.3) is 0 Å². The first-order valence-corrected chi connectivity index (χ1v) is 9.92. The van der Waals surface area contributed by atoms with Crippen molar-refractivity contribution < 1.29 is 9.21 Å². The van der Waals surface area contributed by atoms with E-state index in [0.717, 1.165) is 48.1 Å². The number of carbonyl (C=O) groups is 1. The monoisotopic (exact) mass is 377 g/mol. The molecule has 0 saturated heterocycles. The van der Waals surface area contributed by atoms with Gasteiger partial charge in [-0.15, -0.1) is 10.2 Å². The van der Waals surface area contributed by atoms with Gasteiger partial charge in [-0.05, 0) is 50.1 Å². The molecule has 1 amide bonds. The van der Waals surface area contributed by atoms with Gasteiger partial charge in [-0.1, -0.05) is 50.5 Å². The molecule has 0 atom stereocenters. The number of nitrogens with one attached hydrogen (secondary N) is 1. The van der Waals surface area contributed by atoms with Crippen LogP contribution in [0, 0.1) is 12.8 Å². The second kappa shape index (κ2) is 9.31. The molecule has 5 heteroatoms. The normalized spacial score (nSPS) is 11.0. The minimum Gasteiger partial charge on any atom is -0.416 e. The highest BCUT2D eigenvalue weighted by Gasteiger charge is 2.17. The van der Waals surface area contributed by atoms with Crippen molar-refractivity contribution >= 4 is 11.6 Å². The lowest BCUT2D eigenvalue weighted by atomic mass is 9.97. The average Bonchev–Trinajstić information content (AvgIpc) is 3.18. The fourth-order valence-corrected chi connectivity index (χ4v) is 3.31. The molecule has 1 N–H and O–H groups in total. The highest BCUT2D eigenvalue weighted by atomic mass is 16.4. The maximum atomic E-state index is 12.6. The van der Waals surface area contributed by atoms with Crippen molar-refractivity contribution in [3.05, 3.63) is 54.1 Å². The molecule has 0 bridgehead atoms. The Morgan fingerprint density at radius 1 is 0.964 bits per heavy atom. The number of aryl methyl sites for hydroxylation is 1. The molecule has 0 aliphatic carbocycles. The number of benzene rings is 2. The number of anilines is 1. The zero-order valence-electron chi connectivity index (χ0n) is 16.7. The standard InChI is InChI=1S/C23H27N3O2/c1-4-8-17(9-5-2)21(27)24-20-13-7-12-19(15-20)23-26-25-22(28-23)18-11-6-10-16(3)14-18/h6-7,10-15,17H,4-5,8-9H2,1-3H3,(H,24,27). The number of aromatic nitrogens is 2. The van der Waals surface area contributed by atoms with Crippen LogP contribution < -0.4 is 5.32 Å². The Labute approximate surface area is 166 Å². The van der Waals surface area contributed by atoms with Crippen molar-refractivity contribution in [1.82, 2.24) is 10.2 Å². The summed E-state index contributed by atoms with van der Waals surface area (Å²) in [5, 5.41) is 11.4. The Morgan fingerprint density at radius 3 is 2.18 bits per heavy atom. The topological polar surface area (TPSA) is 68.0 Å². The molecule has 0 unspecified atom stereocenters. The maximum Gasteiger partial charge on any atom is 0.248 e. The first kappa shape index (κ1) is 19.8. The lowest BCUT2D eigenvalue weighted by Gasteiger charge is -2.15. The summed E-state index contributed by atoms with van der Waals surface area (Å²) in [6, 6.07) is 15.5. The van der Waals surface area contributed by atoms with Crippen LogP contribution in [-0.4, -0.2) is 16.1 Å². The number of hydrogen-bond donors (Lipinski definition) is 1. The van der Waals surface area contributed by atoms with Gasteiger partial charge in [0.15, 0.2) is 0 Å². The van der Waals surface area contributed by atoms with Crippen LogP contribution in [0.15, 0.2) is 52.9 Å². The second-order valence-electron chi connectivity index (χ2n) is 7.13. The Kier molecular flexibility index (Phi) is 6.58. The van der Waals surface area contributed by atoms with Crippen molar-refractivity contribution in [2.45, 2.75) is 46.5 Å². The van der Waals surface area contributed by atoms with Crippen LogP contribution in [0.5, 0.6) is 0 Å². The van der Waals surface area contributed by atoms with Crippen LogP contribution in [0.1, 0.15) is 45.1 Å². The summed E-state index contributed by atoms with van der Waals surface area (Å²) in [6.45, 7) is 6.24. The predicted molar refractivity (Wildman–Crippen MR) is 112 cm³/mol. The number of hydrogen-bond acceptors (Lipinski definition) is 4. The number of nitrogens with zero attached hydrogens (tertiary/aromatic N) is 2. The molecule has 0 spiro atoms. The van der Waals surface area contributed by atoms with E-state index in [1.165, 1.54) is 0 Å². The van der Waals surface area contributed by atoms with E-state index < -0.39 is 0 Å². The Balaban J connectivity index is 1.77. The van der Waals surface area contributed by atoms with E-state index in [0.29, 0.717) is 11.8 Å². The van der Waals surface area contributed by atoms with E-state index in [4.69, 9.17) is 4.42 Å². The van der Waals surface area contributed by atoms with Crippen LogP contribution in [0.25, 0.3) is 22.9 Å². The van der Waals surface area contributed by atoms with Gasteiger partial charge in [0, 0.05) is 22.7 Å². The third-order valence-corrected chi connectivity index (χ3v) is 4.71. The average molecular weight is 377 g/mol. The van der Waals surface area contributed by atoms with E-state index >= 15 is 0 Å². The van der Waals surface area contributed by atoms with Gasteiger partial charge in [0.05, 0.1) is 0 Å². The smallest absolute Gasteiger partial charge is 0.248 e. The maximum absolute atomic E-state index is 12.6. The molecule has 5 nitrogen and oxygen atoms in total. The lowest BCUT2D eigenvalue weighted by molar-refractivity contribution is -0.120. The van der Waals surface area contributed by atoms with E-state index in [1.54, 1.807) is 0 Å². The molecule has 28 heavy (non-hydrogen) atoms. The second-order valence-corrected chi connectivity index (χ2v) is 7.13. The molecular formula is C23H27N3O2. The molecule has 0 aliphatic rings. The van der Waals surface area contributed by atoms with Gasteiger partial charge in [0.1, 0.15) is 0 Å². The van der Waals surface area contributed by atoms with Crippen LogP contribution in [-0.2, 0) is 4.79 Å². The minimum atomic E-state index is 0.0509. The third kappa shape index (κ3) is 4.85. The number of rotatable bonds is 8. The van der Waals surface area contributed by atoms with E-state index in [9.17, 15) is 4.79 Å². The summed E-state index contributed by atoms with van der Waals surface area (Å²) >= 11 is 0. The van der Waals surface area contributed by atoms with Gasteiger partial charge in [0.2, 0.25) is 17.7 Å². The molecule has 3 aromatic rings. The van der Waals surface area contributed by atoms with Crippen LogP contribution >= 0.6 is 0 Å². The summed E-state index contributed by atoms with van der Waals surface area (Å²) in [6.07, 6.45) is 3.81. The first-order chi connectivity index (χ1) is 13.6. The molecule has 1 heterocycles. The molecule has 146 valence electrons. The van der Waals surface area contributed by atoms with E-state index in [2.05, 4.69) is 29.4 Å². The molecule has 0 saturated carbocycles. The Morgan fingerprint density at radius 2 is 1.57 bits per heavy atom. The highest BCUT2D eigenvalue weighted by molar-refractivity contribution is 5.93. The summed E-state index contributed by atoms with van der Waals surface area (Å²) in [7, 11) is 0. The van der Waals surface area contributed by atoms with Crippen molar-refractivity contribution in [2.24, 2.45) is 5.92 Å². The molecule has 2 aromatic carbocycles. The SMILES string of the molecule is CCCC(CCC)C(=O)Nc1cccc(-c2nnc(-c3cccc(C)c3)o2)c1. The number of amides is 1. The Bertz CT molecular complexity index is 927.